The van der Waals surface area contributed by atoms with E-state index in [-0.39, 0.29) is 18.9 Å². The lowest BCUT2D eigenvalue weighted by atomic mass is 10.2. The van der Waals surface area contributed by atoms with E-state index in [1.165, 1.54) is 4.31 Å². The van der Waals surface area contributed by atoms with Crippen LogP contribution in [0.15, 0.2) is 24.3 Å². The van der Waals surface area contributed by atoms with Crippen molar-refractivity contribution in [2.75, 3.05) is 30.2 Å². The number of amides is 1. The first-order chi connectivity index (χ1) is 11.3. The van der Waals surface area contributed by atoms with E-state index in [1.807, 2.05) is 19.9 Å². The maximum absolute atomic E-state index is 12.3. The van der Waals surface area contributed by atoms with Crippen LogP contribution in [0, 0.1) is 11.3 Å². The molecule has 0 aromatic heterocycles. The second-order valence-corrected chi connectivity index (χ2v) is 7.53. The van der Waals surface area contributed by atoms with E-state index in [0.29, 0.717) is 24.3 Å². The molecule has 0 heterocycles. The first kappa shape index (κ1) is 20.0. The Morgan fingerprint density at radius 1 is 1.08 bits per heavy atom. The first-order valence-electron chi connectivity index (χ1n) is 8.09. The molecule has 0 saturated carbocycles. The van der Waals surface area contributed by atoms with E-state index in [2.05, 4.69) is 0 Å². The van der Waals surface area contributed by atoms with E-state index in [4.69, 9.17) is 5.26 Å². The van der Waals surface area contributed by atoms with Gasteiger partial charge in [-0.25, -0.2) is 8.42 Å². The lowest BCUT2D eigenvalue weighted by Crippen LogP contribution is -2.37. The molecule has 0 atom stereocenters. The predicted octanol–water partition coefficient (Wildman–Crippen LogP) is 2.36. The number of carbonyl (C=O) groups excluding carboxylic acids is 1. The summed E-state index contributed by atoms with van der Waals surface area (Å²) in [4.78, 5) is 14.1. The summed E-state index contributed by atoms with van der Waals surface area (Å²) in [5.41, 5.74) is 0.919. The number of sulfonamides is 1. The molecule has 1 aromatic rings. The van der Waals surface area contributed by atoms with Gasteiger partial charge in [-0.05, 0) is 37.1 Å². The highest BCUT2D eigenvalue weighted by Crippen LogP contribution is 2.19. The molecular formula is C17H25N3O3S. The molecule has 1 aromatic carbocycles. The van der Waals surface area contributed by atoms with Gasteiger partial charge in [-0.3, -0.25) is 9.10 Å². The Labute approximate surface area is 144 Å². The molecule has 6 nitrogen and oxygen atoms in total. The predicted molar refractivity (Wildman–Crippen MR) is 95.1 cm³/mol. The number of rotatable bonds is 9. The number of nitrogens with zero attached hydrogens (tertiary/aromatic N) is 3. The number of carbonyl (C=O) groups is 1. The molecule has 7 heteroatoms. The Bertz CT molecular complexity index is 672. The monoisotopic (exact) mass is 351 g/mol. The molecule has 0 fully saturated rings. The van der Waals surface area contributed by atoms with Crippen LogP contribution in [-0.4, -0.2) is 45.1 Å². The Hall–Kier alpha value is -2.07. The molecule has 0 bridgehead atoms. The Morgan fingerprint density at radius 3 is 2.04 bits per heavy atom. The molecule has 0 aliphatic carbocycles. The third-order valence-corrected chi connectivity index (χ3v) is 4.75. The first-order valence-corrected chi connectivity index (χ1v) is 9.94. The van der Waals surface area contributed by atoms with Crippen molar-refractivity contribution in [1.29, 1.82) is 5.26 Å². The molecule has 0 radical (unpaired) electrons. The van der Waals surface area contributed by atoms with Gasteiger partial charge >= 0.3 is 0 Å². The van der Waals surface area contributed by atoms with Crippen molar-refractivity contribution in [1.82, 2.24) is 4.90 Å². The zero-order valence-corrected chi connectivity index (χ0v) is 15.3. The molecule has 0 aliphatic heterocycles. The van der Waals surface area contributed by atoms with Crippen LogP contribution in [0.4, 0.5) is 5.69 Å². The van der Waals surface area contributed by atoms with Gasteiger partial charge in [0.15, 0.2) is 0 Å². The summed E-state index contributed by atoms with van der Waals surface area (Å²) in [6, 6.07) is 8.29. The minimum atomic E-state index is -3.50. The number of anilines is 1. The number of hydrogen-bond acceptors (Lipinski definition) is 4. The summed E-state index contributed by atoms with van der Waals surface area (Å²) in [5.74, 6) is -0.0407. The number of nitriles is 1. The van der Waals surface area contributed by atoms with E-state index in [1.54, 1.807) is 29.2 Å². The topological polar surface area (TPSA) is 81.5 Å². The highest BCUT2D eigenvalue weighted by Gasteiger charge is 2.20. The number of benzene rings is 1. The van der Waals surface area contributed by atoms with Crippen LogP contribution in [0.3, 0.4) is 0 Å². The van der Waals surface area contributed by atoms with Crippen molar-refractivity contribution in [2.24, 2.45) is 0 Å². The van der Waals surface area contributed by atoms with Gasteiger partial charge in [0.25, 0.3) is 0 Å². The van der Waals surface area contributed by atoms with Crippen LogP contribution in [0.2, 0.25) is 0 Å². The maximum Gasteiger partial charge on any atom is 0.232 e. The SMILES string of the molecule is CCCN(CCC)C(=O)CCN(c1ccc(C#N)cc1)S(C)(=O)=O. The van der Waals surface area contributed by atoms with E-state index < -0.39 is 10.0 Å². The summed E-state index contributed by atoms with van der Waals surface area (Å²) >= 11 is 0. The van der Waals surface area contributed by atoms with Crippen molar-refractivity contribution in [2.45, 2.75) is 33.1 Å². The second kappa shape index (κ2) is 9.28. The van der Waals surface area contributed by atoms with Crippen molar-refractivity contribution in [3.8, 4) is 6.07 Å². The van der Waals surface area contributed by atoms with E-state index >= 15 is 0 Å². The van der Waals surface area contributed by atoms with Gasteiger partial charge in [0, 0.05) is 26.1 Å². The normalized spacial score (nSPS) is 10.9. The molecule has 1 amide bonds. The minimum Gasteiger partial charge on any atom is -0.343 e. The van der Waals surface area contributed by atoms with Crippen molar-refractivity contribution in [3.05, 3.63) is 29.8 Å². The van der Waals surface area contributed by atoms with Gasteiger partial charge in [0.05, 0.1) is 23.6 Å². The quantitative estimate of drug-likeness (QED) is 0.684. The fourth-order valence-corrected chi connectivity index (χ4v) is 3.37. The van der Waals surface area contributed by atoms with Gasteiger partial charge in [-0.1, -0.05) is 13.8 Å². The van der Waals surface area contributed by atoms with Gasteiger partial charge in [-0.15, -0.1) is 0 Å². The molecule has 0 aliphatic rings. The summed E-state index contributed by atoms with van der Waals surface area (Å²) in [7, 11) is -3.50. The Balaban J connectivity index is 2.87. The average molecular weight is 351 g/mol. The highest BCUT2D eigenvalue weighted by atomic mass is 32.2. The minimum absolute atomic E-state index is 0.0407. The number of hydrogen-bond donors (Lipinski definition) is 0. The molecule has 0 saturated heterocycles. The van der Waals surface area contributed by atoms with Crippen molar-refractivity contribution >= 4 is 21.6 Å². The van der Waals surface area contributed by atoms with Crippen LogP contribution >= 0.6 is 0 Å². The zero-order chi connectivity index (χ0) is 18.2. The average Bonchev–Trinajstić information content (AvgIpc) is 2.54. The smallest absolute Gasteiger partial charge is 0.232 e. The highest BCUT2D eigenvalue weighted by molar-refractivity contribution is 7.92. The van der Waals surface area contributed by atoms with Gasteiger partial charge in [0.2, 0.25) is 15.9 Å². The van der Waals surface area contributed by atoms with Gasteiger partial charge in [0.1, 0.15) is 0 Å². The maximum atomic E-state index is 12.3. The Kier molecular flexibility index (Phi) is 7.72. The Morgan fingerprint density at radius 2 is 1.62 bits per heavy atom. The van der Waals surface area contributed by atoms with Crippen molar-refractivity contribution < 1.29 is 13.2 Å². The van der Waals surface area contributed by atoms with Crippen LogP contribution in [0.5, 0.6) is 0 Å². The summed E-state index contributed by atoms with van der Waals surface area (Å²) < 4.78 is 25.3. The lowest BCUT2D eigenvalue weighted by molar-refractivity contribution is -0.131. The summed E-state index contributed by atoms with van der Waals surface area (Å²) in [5, 5.41) is 8.83. The molecule has 132 valence electrons. The van der Waals surface area contributed by atoms with Crippen LogP contribution in [-0.2, 0) is 14.8 Å². The van der Waals surface area contributed by atoms with Crippen LogP contribution in [0.1, 0.15) is 38.7 Å². The summed E-state index contributed by atoms with van der Waals surface area (Å²) in [6.45, 7) is 5.48. The van der Waals surface area contributed by atoms with E-state index in [0.717, 1.165) is 19.1 Å². The standard InChI is InChI=1S/C17H25N3O3S/c1-4-11-19(12-5-2)17(21)10-13-20(24(3,22)23)16-8-6-15(14-18)7-9-16/h6-9H,4-5,10-13H2,1-3H3. The molecule has 0 spiro atoms. The lowest BCUT2D eigenvalue weighted by Gasteiger charge is -2.25. The van der Waals surface area contributed by atoms with Crippen molar-refractivity contribution in [3.63, 3.8) is 0 Å². The third-order valence-electron chi connectivity index (χ3n) is 3.55. The molecule has 0 unspecified atom stereocenters. The fourth-order valence-electron chi connectivity index (χ4n) is 2.44. The van der Waals surface area contributed by atoms with E-state index in [9.17, 15) is 13.2 Å². The molecular weight excluding hydrogens is 326 g/mol. The molecule has 0 N–H and O–H groups in total. The molecule has 1 rings (SSSR count). The van der Waals surface area contributed by atoms with Crippen LogP contribution < -0.4 is 4.31 Å². The van der Waals surface area contributed by atoms with Gasteiger partial charge < -0.3 is 4.90 Å². The second-order valence-electron chi connectivity index (χ2n) is 5.62. The summed E-state index contributed by atoms with van der Waals surface area (Å²) in [6.07, 6.45) is 2.99. The zero-order valence-electron chi connectivity index (χ0n) is 14.5. The fraction of sp³-hybridized carbons (Fsp3) is 0.529. The van der Waals surface area contributed by atoms with Gasteiger partial charge in [-0.2, -0.15) is 5.26 Å². The largest absolute Gasteiger partial charge is 0.343 e. The molecule has 24 heavy (non-hydrogen) atoms. The third kappa shape index (κ3) is 5.85. The van der Waals surface area contributed by atoms with Crippen LogP contribution in [0.25, 0.3) is 0 Å².